The Hall–Kier alpha value is -4.08. The van der Waals surface area contributed by atoms with Gasteiger partial charge in [0, 0.05) is 47.7 Å². The molecule has 0 atom stereocenters. The van der Waals surface area contributed by atoms with E-state index in [0.29, 0.717) is 24.3 Å². The number of ether oxygens (including phenoxy) is 2. The number of allylic oxidation sites excluding steroid dienone is 1. The molecule has 0 saturated heterocycles. The highest BCUT2D eigenvalue weighted by Crippen LogP contribution is 2.19. The standard InChI is InChI=1S/C21H24N4O6.C4H10.C2H6/c1-3-14(2)23-10-11-24-20(26)19-12-16(22)5-4-15(19)13-30-21(27)31-18-8-6-17(7-9-18)25(28)29;1-4(2)3;1-2/h4-9,12,23H,2-3,10-11,13,22H2,1H3,(H,24,26);4H,1-3H3;1-2H3. The summed E-state index contributed by atoms with van der Waals surface area (Å²) in [5.41, 5.74) is 7.63. The number of nitro groups is 1. The predicted octanol–water partition coefficient (Wildman–Crippen LogP) is 5.82. The summed E-state index contributed by atoms with van der Waals surface area (Å²) in [4.78, 5) is 34.5. The summed E-state index contributed by atoms with van der Waals surface area (Å²) in [7, 11) is 0. The molecule has 0 bridgehead atoms. The minimum atomic E-state index is -1.01. The van der Waals surface area contributed by atoms with Crippen molar-refractivity contribution < 1.29 is 24.0 Å². The molecule has 2 rings (SSSR count). The Balaban J connectivity index is 0.00000196. The summed E-state index contributed by atoms with van der Waals surface area (Å²) in [6.07, 6.45) is -0.222. The number of non-ortho nitro benzene ring substituents is 1. The lowest BCUT2D eigenvalue weighted by Crippen LogP contribution is -2.32. The minimum Gasteiger partial charge on any atom is -0.429 e. The highest BCUT2D eigenvalue weighted by Gasteiger charge is 2.15. The Morgan fingerprint density at radius 3 is 2.16 bits per heavy atom. The molecule has 0 radical (unpaired) electrons. The number of nitrogens with zero attached hydrogens (tertiary/aromatic N) is 1. The first-order chi connectivity index (χ1) is 17.5. The van der Waals surface area contributed by atoms with Crippen LogP contribution in [0.3, 0.4) is 0 Å². The van der Waals surface area contributed by atoms with Gasteiger partial charge in [0.1, 0.15) is 12.4 Å². The van der Waals surface area contributed by atoms with E-state index in [4.69, 9.17) is 15.2 Å². The first-order valence-corrected chi connectivity index (χ1v) is 12.2. The fourth-order valence-corrected chi connectivity index (χ4v) is 2.47. The summed E-state index contributed by atoms with van der Waals surface area (Å²) in [6.45, 7) is 17.0. The molecule has 0 heterocycles. The van der Waals surface area contributed by atoms with Crippen molar-refractivity contribution in [3.63, 3.8) is 0 Å². The zero-order chi connectivity index (χ0) is 28.4. The van der Waals surface area contributed by atoms with Crippen LogP contribution in [-0.2, 0) is 11.3 Å². The maximum Gasteiger partial charge on any atom is 0.514 e. The van der Waals surface area contributed by atoms with E-state index in [2.05, 4.69) is 38.0 Å². The van der Waals surface area contributed by atoms with E-state index in [9.17, 15) is 19.7 Å². The molecular formula is C27H40N4O6. The van der Waals surface area contributed by atoms with Crippen LogP contribution < -0.4 is 21.1 Å². The van der Waals surface area contributed by atoms with Gasteiger partial charge in [-0.15, -0.1) is 0 Å². The Bertz CT molecular complexity index is 1000. The molecule has 0 aromatic heterocycles. The fraction of sp³-hybridized carbons (Fsp3) is 0.407. The molecule has 0 aliphatic rings. The van der Waals surface area contributed by atoms with Crippen molar-refractivity contribution in [3.05, 3.63) is 76.0 Å². The average Bonchev–Trinajstić information content (AvgIpc) is 2.86. The Morgan fingerprint density at radius 2 is 1.62 bits per heavy atom. The van der Waals surface area contributed by atoms with Crippen LogP contribution in [0.2, 0.25) is 0 Å². The van der Waals surface area contributed by atoms with Crippen molar-refractivity contribution in [2.45, 2.75) is 54.6 Å². The first kappa shape index (κ1) is 32.9. The number of nitro benzene ring substituents is 1. The number of benzene rings is 2. The summed E-state index contributed by atoms with van der Waals surface area (Å²) < 4.78 is 10.1. The van der Waals surface area contributed by atoms with E-state index in [0.717, 1.165) is 18.0 Å². The Morgan fingerprint density at radius 1 is 1.05 bits per heavy atom. The van der Waals surface area contributed by atoms with Crippen LogP contribution in [0.5, 0.6) is 5.75 Å². The highest BCUT2D eigenvalue weighted by molar-refractivity contribution is 5.96. The third-order valence-electron chi connectivity index (χ3n) is 4.19. The number of hydrogen-bond donors (Lipinski definition) is 3. The topological polar surface area (TPSA) is 146 Å². The molecule has 2 aromatic carbocycles. The quantitative estimate of drug-likeness (QED) is 0.0893. The molecule has 10 heteroatoms. The number of nitrogen functional groups attached to an aromatic ring is 1. The molecule has 0 aliphatic carbocycles. The summed E-state index contributed by atoms with van der Waals surface area (Å²) in [5.74, 6) is 0.561. The van der Waals surface area contributed by atoms with Gasteiger partial charge in [-0.25, -0.2) is 4.79 Å². The summed E-state index contributed by atoms with van der Waals surface area (Å²) >= 11 is 0. The second-order valence-corrected chi connectivity index (χ2v) is 8.18. The predicted molar refractivity (Wildman–Crippen MR) is 146 cm³/mol. The van der Waals surface area contributed by atoms with Gasteiger partial charge in [-0.1, -0.05) is 54.2 Å². The van der Waals surface area contributed by atoms with E-state index in [1.54, 1.807) is 12.1 Å². The van der Waals surface area contributed by atoms with Gasteiger partial charge in [-0.2, -0.15) is 0 Å². The molecule has 0 aliphatic heterocycles. The maximum absolute atomic E-state index is 12.5. The third kappa shape index (κ3) is 14.2. The molecule has 2 aromatic rings. The zero-order valence-electron chi connectivity index (χ0n) is 22.6. The largest absolute Gasteiger partial charge is 0.514 e. The molecule has 4 N–H and O–H groups in total. The number of amides is 1. The van der Waals surface area contributed by atoms with Gasteiger partial charge in [0.2, 0.25) is 0 Å². The van der Waals surface area contributed by atoms with E-state index >= 15 is 0 Å². The number of nitrogens with one attached hydrogen (secondary N) is 2. The van der Waals surface area contributed by atoms with Crippen molar-refractivity contribution in [1.82, 2.24) is 10.6 Å². The number of carbonyl (C=O) groups excluding carboxylic acids is 2. The van der Waals surface area contributed by atoms with E-state index in [1.165, 1.54) is 30.3 Å². The monoisotopic (exact) mass is 516 g/mol. The maximum atomic E-state index is 12.5. The van der Waals surface area contributed by atoms with Crippen molar-refractivity contribution in [3.8, 4) is 5.75 Å². The lowest BCUT2D eigenvalue weighted by molar-refractivity contribution is -0.384. The smallest absolute Gasteiger partial charge is 0.429 e. The van der Waals surface area contributed by atoms with Gasteiger partial charge < -0.3 is 25.8 Å². The van der Waals surface area contributed by atoms with Crippen molar-refractivity contribution in [2.75, 3.05) is 18.8 Å². The van der Waals surface area contributed by atoms with Gasteiger partial charge in [-0.05, 0) is 36.6 Å². The van der Waals surface area contributed by atoms with Crippen molar-refractivity contribution in [2.24, 2.45) is 5.92 Å². The molecule has 0 unspecified atom stereocenters. The van der Waals surface area contributed by atoms with Crippen LogP contribution in [0.1, 0.15) is 63.9 Å². The molecule has 37 heavy (non-hydrogen) atoms. The Labute approximate surface area is 219 Å². The number of carbonyl (C=O) groups is 2. The normalized spacial score (nSPS) is 9.59. The number of nitrogens with two attached hydrogens (primary N) is 1. The molecule has 204 valence electrons. The average molecular weight is 517 g/mol. The third-order valence-corrected chi connectivity index (χ3v) is 4.19. The van der Waals surface area contributed by atoms with Crippen LogP contribution in [0.4, 0.5) is 16.2 Å². The van der Waals surface area contributed by atoms with Crippen LogP contribution >= 0.6 is 0 Å². The van der Waals surface area contributed by atoms with Gasteiger partial charge in [0.05, 0.1) is 4.92 Å². The van der Waals surface area contributed by atoms with Crippen LogP contribution in [0.15, 0.2) is 54.7 Å². The van der Waals surface area contributed by atoms with Crippen LogP contribution in [0, 0.1) is 16.0 Å². The van der Waals surface area contributed by atoms with Crippen LogP contribution in [0.25, 0.3) is 0 Å². The summed E-state index contributed by atoms with van der Waals surface area (Å²) in [6, 6.07) is 9.63. The molecule has 0 fully saturated rings. The zero-order valence-corrected chi connectivity index (χ0v) is 22.6. The van der Waals surface area contributed by atoms with Gasteiger partial charge in [0.25, 0.3) is 11.6 Å². The van der Waals surface area contributed by atoms with Gasteiger partial charge in [0.15, 0.2) is 0 Å². The molecule has 0 saturated carbocycles. The minimum absolute atomic E-state index is 0.0899. The molecule has 1 amide bonds. The number of anilines is 1. The first-order valence-electron chi connectivity index (χ1n) is 12.2. The lowest BCUT2D eigenvalue weighted by Gasteiger charge is -2.13. The van der Waals surface area contributed by atoms with Crippen LogP contribution in [-0.4, -0.2) is 30.1 Å². The number of rotatable bonds is 10. The van der Waals surface area contributed by atoms with E-state index in [1.807, 2.05) is 20.8 Å². The summed E-state index contributed by atoms with van der Waals surface area (Å²) in [5, 5.41) is 16.5. The Kier molecular flexibility index (Phi) is 16.2. The van der Waals surface area contributed by atoms with E-state index in [-0.39, 0.29) is 29.5 Å². The molecule has 10 nitrogen and oxygen atoms in total. The van der Waals surface area contributed by atoms with Crippen molar-refractivity contribution >= 4 is 23.4 Å². The van der Waals surface area contributed by atoms with E-state index < -0.39 is 11.1 Å². The highest BCUT2D eigenvalue weighted by atomic mass is 16.7. The molecule has 0 spiro atoms. The SMILES string of the molecule is C=C(CC)NCCNC(=O)c1cc(N)ccc1COC(=O)Oc1ccc([N+](=O)[O-])cc1.CC.CC(C)C. The van der Waals surface area contributed by atoms with Gasteiger partial charge in [-0.3, -0.25) is 14.9 Å². The van der Waals surface area contributed by atoms with Crippen molar-refractivity contribution in [1.29, 1.82) is 0 Å². The van der Waals surface area contributed by atoms with Gasteiger partial charge >= 0.3 is 6.16 Å². The second-order valence-electron chi connectivity index (χ2n) is 8.18. The second kappa shape index (κ2) is 18.2. The lowest BCUT2D eigenvalue weighted by atomic mass is 10.1. The number of hydrogen-bond acceptors (Lipinski definition) is 8. The fourth-order valence-electron chi connectivity index (χ4n) is 2.47. The molecular weight excluding hydrogens is 476 g/mol.